The molecule has 2 heterocycles. The molecule has 6 heteroatoms. The Kier molecular flexibility index (Phi) is 3.16. The summed E-state index contributed by atoms with van der Waals surface area (Å²) in [7, 11) is 0. The lowest BCUT2D eigenvalue weighted by molar-refractivity contribution is -0.127. The monoisotopic (exact) mass is 230 g/mol. The Morgan fingerprint density at radius 3 is 2.62 bits per heavy atom. The molecule has 0 saturated carbocycles. The van der Waals surface area contributed by atoms with E-state index in [2.05, 4.69) is 5.32 Å². The molecule has 5 atom stereocenters. The number of aliphatic hydroxyl groups is 3. The van der Waals surface area contributed by atoms with Gasteiger partial charge in [0, 0.05) is 20.0 Å². The number of carbonyl (C=O) groups is 1. The molecule has 6 nitrogen and oxygen atoms in total. The molecule has 2 rings (SSSR count). The van der Waals surface area contributed by atoms with E-state index in [9.17, 15) is 20.1 Å². The van der Waals surface area contributed by atoms with E-state index in [1.54, 1.807) is 0 Å². The average molecular weight is 230 g/mol. The van der Waals surface area contributed by atoms with Crippen molar-refractivity contribution in [1.29, 1.82) is 0 Å². The minimum Gasteiger partial charge on any atom is -0.391 e. The van der Waals surface area contributed by atoms with Crippen LogP contribution in [-0.4, -0.2) is 69.6 Å². The molecule has 2 aliphatic heterocycles. The van der Waals surface area contributed by atoms with Gasteiger partial charge >= 0.3 is 0 Å². The van der Waals surface area contributed by atoms with E-state index in [0.717, 1.165) is 0 Å². The molecule has 0 bridgehead atoms. The molecule has 4 N–H and O–H groups in total. The molecule has 16 heavy (non-hydrogen) atoms. The van der Waals surface area contributed by atoms with Crippen LogP contribution in [0.3, 0.4) is 0 Å². The van der Waals surface area contributed by atoms with Gasteiger partial charge in [-0.1, -0.05) is 0 Å². The van der Waals surface area contributed by atoms with E-state index in [-0.39, 0.29) is 5.91 Å². The van der Waals surface area contributed by atoms with E-state index in [4.69, 9.17) is 0 Å². The molecular formula is C10H18N2O4. The van der Waals surface area contributed by atoms with Gasteiger partial charge in [0.2, 0.25) is 5.91 Å². The first-order valence-corrected chi connectivity index (χ1v) is 5.56. The van der Waals surface area contributed by atoms with Crippen LogP contribution in [0.1, 0.15) is 13.3 Å². The molecule has 2 aliphatic rings. The minimum atomic E-state index is -1.02. The number of fused-ring (bicyclic) bond motifs is 1. The maximum Gasteiger partial charge on any atom is 0.217 e. The largest absolute Gasteiger partial charge is 0.391 e. The second kappa shape index (κ2) is 4.29. The van der Waals surface area contributed by atoms with Gasteiger partial charge in [-0.25, -0.2) is 0 Å². The van der Waals surface area contributed by atoms with Gasteiger partial charge < -0.3 is 20.6 Å². The number of rotatable bonds is 1. The predicted molar refractivity (Wildman–Crippen MR) is 55.6 cm³/mol. The molecule has 2 saturated heterocycles. The molecule has 0 aromatic carbocycles. The van der Waals surface area contributed by atoms with Gasteiger partial charge in [-0.2, -0.15) is 0 Å². The fraction of sp³-hybridized carbons (Fsp3) is 0.900. The van der Waals surface area contributed by atoms with Gasteiger partial charge in [-0.05, 0) is 6.42 Å². The zero-order chi connectivity index (χ0) is 11.9. The topological polar surface area (TPSA) is 93.0 Å². The summed E-state index contributed by atoms with van der Waals surface area (Å²) in [5.41, 5.74) is 0. The van der Waals surface area contributed by atoms with Crippen molar-refractivity contribution >= 4 is 5.91 Å². The molecule has 0 aromatic rings. The number of carbonyl (C=O) groups excluding carboxylic acids is 1. The molecule has 1 amide bonds. The second-order valence-electron chi connectivity index (χ2n) is 4.63. The zero-order valence-corrected chi connectivity index (χ0v) is 9.21. The van der Waals surface area contributed by atoms with E-state index in [1.165, 1.54) is 6.92 Å². The van der Waals surface area contributed by atoms with Crippen molar-refractivity contribution in [1.82, 2.24) is 10.2 Å². The highest BCUT2D eigenvalue weighted by atomic mass is 16.3. The molecule has 3 unspecified atom stereocenters. The van der Waals surface area contributed by atoms with Crippen LogP contribution in [0.4, 0.5) is 0 Å². The zero-order valence-electron chi connectivity index (χ0n) is 9.21. The SMILES string of the molecule is CC(=O)NC1CN2CC[C@H](O)C2[C@@H](O)C1O. The van der Waals surface area contributed by atoms with Crippen LogP contribution >= 0.6 is 0 Å². The van der Waals surface area contributed by atoms with Crippen LogP contribution in [0.15, 0.2) is 0 Å². The molecule has 0 aromatic heterocycles. The lowest BCUT2D eigenvalue weighted by Gasteiger charge is -2.42. The molecule has 2 fully saturated rings. The van der Waals surface area contributed by atoms with Crippen LogP contribution in [0.5, 0.6) is 0 Å². The van der Waals surface area contributed by atoms with Crippen molar-refractivity contribution in [3.05, 3.63) is 0 Å². The van der Waals surface area contributed by atoms with Gasteiger partial charge in [-0.3, -0.25) is 9.69 Å². The van der Waals surface area contributed by atoms with Crippen LogP contribution in [-0.2, 0) is 4.79 Å². The third-order valence-corrected chi connectivity index (χ3v) is 3.46. The Morgan fingerprint density at radius 1 is 1.31 bits per heavy atom. The first-order valence-electron chi connectivity index (χ1n) is 5.56. The quantitative estimate of drug-likeness (QED) is 0.405. The number of piperidine rings is 1. The van der Waals surface area contributed by atoms with E-state index in [0.29, 0.717) is 19.5 Å². The third kappa shape index (κ3) is 1.93. The summed E-state index contributed by atoms with van der Waals surface area (Å²) >= 11 is 0. The van der Waals surface area contributed by atoms with Crippen LogP contribution in [0.2, 0.25) is 0 Å². The Labute approximate surface area is 93.9 Å². The molecule has 0 spiro atoms. The number of hydrogen-bond donors (Lipinski definition) is 4. The third-order valence-electron chi connectivity index (χ3n) is 3.46. The molecule has 0 radical (unpaired) electrons. The fourth-order valence-electron chi connectivity index (χ4n) is 2.71. The Hall–Kier alpha value is -0.690. The maximum atomic E-state index is 10.9. The van der Waals surface area contributed by atoms with E-state index in [1.807, 2.05) is 4.90 Å². The van der Waals surface area contributed by atoms with Gasteiger partial charge in [0.25, 0.3) is 0 Å². The van der Waals surface area contributed by atoms with Gasteiger partial charge in [0.15, 0.2) is 0 Å². The second-order valence-corrected chi connectivity index (χ2v) is 4.63. The van der Waals surface area contributed by atoms with Gasteiger partial charge in [0.05, 0.1) is 24.3 Å². The van der Waals surface area contributed by atoms with E-state index >= 15 is 0 Å². The minimum absolute atomic E-state index is 0.227. The highest BCUT2D eigenvalue weighted by molar-refractivity contribution is 5.73. The van der Waals surface area contributed by atoms with Crippen molar-refractivity contribution in [3.8, 4) is 0 Å². The van der Waals surface area contributed by atoms with Crippen LogP contribution in [0, 0.1) is 0 Å². The normalized spacial score (nSPS) is 44.1. The summed E-state index contributed by atoms with van der Waals surface area (Å²) in [5, 5.41) is 32.0. The molecular weight excluding hydrogens is 212 g/mol. The lowest BCUT2D eigenvalue weighted by atomic mass is 9.91. The summed E-state index contributed by atoms with van der Waals surface area (Å²) in [5.74, 6) is -0.227. The van der Waals surface area contributed by atoms with Crippen molar-refractivity contribution < 1.29 is 20.1 Å². The van der Waals surface area contributed by atoms with Crippen molar-refractivity contribution in [2.75, 3.05) is 13.1 Å². The van der Waals surface area contributed by atoms with Gasteiger partial charge in [0.1, 0.15) is 6.10 Å². The maximum absolute atomic E-state index is 10.9. The summed E-state index contributed by atoms with van der Waals surface area (Å²) in [4.78, 5) is 12.9. The Balaban J connectivity index is 2.09. The standard InChI is InChI=1S/C10H18N2O4/c1-5(13)11-6-4-12-3-2-7(14)8(12)10(16)9(6)15/h6-10,14-16H,2-4H2,1H3,(H,11,13)/t6?,7-,8?,9?,10+/m0/s1. The highest BCUT2D eigenvalue weighted by Gasteiger charge is 2.48. The number of nitrogens with zero attached hydrogens (tertiary/aromatic N) is 1. The summed E-state index contributed by atoms with van der Waals surface area (Å²) in [6, 6.07) is -0.867. The Morgan fingerprint density at radius 2 is 2.00 bits per heavy atom. The first-order chi connectivity index (χ1) is 7.50. The summed E-state index contributed by atoms with van der Waals surface area (Å²) in [6.45, 7) is 2.54. The van der Waals surface area contributed by atoms with Crippen molar-refractivity contribution in [3.63, 3.8) is 0 Å². The summed E-state index contributed by atoms with van der Waals surface area (Å²) in [6.07, 6.45) is -2.02. The lowest BCUT2D eigenvalue weighted by Crippen LogP contribution is -2.65. The smallest absolute Gasteiger partial charge is 0.217 e. The number of hydrogen-bond acceptors (Lipinski definition) is 5. The average Bonchev–Trinajstić information content (AvgIpc) is 2.55. The molecule has 92 valence electrons. The van der Waals surface area contributed by atoms with E-state index < -0.39 is 30.4 Å². The first kappa shape index (κ1) is 11.8. The highest BCUT2D eigenvalue weighted by Crippen LogP contribution is 2.28. The van der Waals surface area contributed by atoms with Crippen molar-refractivity contribution in [2.45, 2.75) is 43.7 Å². The fourth-order valence-corrected chi connectivity index (χ4v) is 2.71. The number of amides is 1. The summed E-state index contributed by atoms with van der Waals surface area (Å²) < 4.78 is 0. The molecule has 0 aliphatic carbocycles. The van der Waals surface area contributed by atoms with Crippen molar-refractivity contribution in [2.24, 2.45) is 0 Å². The predicted octanol–water partition coefficient (Wildman–Crippen LogP) is -2.34. The van der Waals surface area contributed by atoms with Crippen LogP contribution < -0.4 is 5.32 Å². The van der Waals surface area contributed by atoms with Crippen LogP contribution in [0.25, 0.3) is 0 Å². The number of aliphatic hydroxyl groups excluding tert-OH is 3. The van der Waals surface area contributed by atoms with Gasteiger partial charge in [-0.15, -0.1) is 0 Å². The Bertz CT molecular complexity index is 286. The number of nitrogens with one attached hydrogen (secondary N) is 1.